The van der Waals surface area contributed by atoms with Crippen molar-refractivity contribution in [3.05, 3.63) is 29.8 Å². The molecule has 1 aromatic carbocycles. The summed E-state index contributed by atoms with van der Waals surface area (Å²) in [6, 6.07) is 6.15. The molecule has 3 amide bonds. The van der Waals surface area contributed by atoms with Crippen LogP contribution in [-0.4, -0.2) is 62.0 Å². The number of carbonyl (C=O) groups excluding carboxylic acids is 2. The lowest BCUT2D eigenvalue weighted by molar-refractivity contribution is -0.130. The first-order valence-electron chi connectivity index (χ1n) is 8.10. The average molecular weight is 334 g/mol. The summed E-state index contributed by atoms with van der Waals surface area (Å²) in [5.41, 5.74) is 0.930. The third kappa shape index (κ3) is 3.22. The summed E-state index contributed by atoms with van der Waals surface area (Å²) in [7, 11) is 1.59. The summed E-state index contributed by atoms with van der Waals surface area (Å²) in [4.78, 5) is 26.3. The van der Waals surface area contributed by atoms with Crippen molar-refractivity contribution in [3.63, 3.8) is 0 Å². The molecule has 2 aliphatic heterocycles. The van der Waals surface area contributed by atoms with Crippen LogP contribution in [0.3, 0.4) is 0 Å². The Kier molecular flexibility index (Phi) is 5.01. The van der Waals surface area contributed by atoms with Gasteiger partial charge in [-0.25, -0.2) is 4.79 Å². The van der Waals surface area contributed by atoms with E-state index in [1.807, 2.05) is 31.2 Å². The topological polar surface area (TPSA) is 77.1 Å². The zero-order valence-electron chi connectivity index (χ0n) is 13.9. The third-order valence-electron chi connectivity index (χ3n) is 4.34. The predicted molar refractivity (Wildman–Crippen MR) is 85.9 cm³/mol. The molecule has 7 nitrogen and oxygen atoms in total. The predicted octanol–water partition coefficient (Wildman–Crippen LogP) is 0.962. The lowest BCUT2D eigenvalue weighted by Crippen LogP contribution is -2.48. The number of hydrogen-bond acceptors (Lipinski definition) is 5. The zero-order valence-corrected chi connectivity index (χ0v) is 13.9. The van der Waals surface area contributed by atoms with Gasteiger partial charge in [-0.15, -0.1) is 0 Å². The maximum atomic E-state index is 12.7. The fraction of sp³-hybridized carbons (Fsp3) is 0.529. The second-order valence-corrected chi connectivity index (χ2v) is 5.86. The molecule has 130 valence electrons. The van der Waals surface area contributed by atoms with E-state index in [1.165, 1.54) is 4.90 Å². The van der Waals surface area contributed by atoms with E-state index in [-0.39, 0.29) is 24.1 Å². The molecule has 3 rings (SSSR count). The second kappa shape index (κ2) is 7.19. The molecule has 2 saturated heterocycles. The summed E-state index contributed by atoms with van der Waals surface area (Å²) in [5.74, 6) is 0.491. The number of amides is 3. The Labute approximate surface area is 140 Å². The molecule has 24 heavy (non-hydrogen) atoms. The van der Waals surface area contributed by atoms with Gasteiger partial charge in [0.1, 0.15) is 17.9 Å². The average Bonchev–Trinajstić information content (AvgIpc) is 3.13. The van der Waals surface area contributed by atoms with Crippen LogP contribution in [0.2, 0.25) is 0 Å². The van der Waals surface area contributed by atoms with E-state index in [0.717, 1.165) is 11.3 Å². The van der Waals surface area contributed by atoms with E-state index in [0.29, 0.717) is 26.2 Å². The number of nitrogens with zero attached hydrogens (tertiary/aromatic N) is 1. The molecule has 2 aliphatic rings. The summed E-state index contributed by atoms with van der Waals surface area (Å²) in [5, 5.41) is 2.76. The Morgan fingerprint density at radius 3 is 2.92 bits per heavy atom. The maximum Gasteiger partial charge on any atom is 0.325 e. The van der Waals surface area contributed by atoms with E-state index in [2.05, 4.69) is 5.32 Å². The van der Waals surface area contributed by atoms with E-state index in [4.69, 9.17) is 14.2 Å². The number of ether oxygens (including phenoxy) is 3. The van der Waals surface area contributed by atoms with Crippen molar-refractivity contribution in [2.24, 2.45) is 0 Å². The standard InChI is InChI=1S/C17H22N2O5/c1-3-24-15-10-23-9-14(15)19-16(20)13(18-17(19)21)8-11-5-4-6-12(7-11)22-2/h4-7,13-15H,3,8-10H2,1-2H3,(H,18,21)/t13?,14-,15-/m1/s1. The highest BCUT2D eigenvalue weighted by molar-refractivity contribution is 6.04. The Morgan fingerprint density at radius 2 is 2.17 bits per heavy atom. The van der Waals surface area contributed by atoms with Gasteiger partial charge in [0.2, 0.25) is 0 Å². The van der Waals surface area contributed by atoms with Crippen molar-refractivity contribution in [1.82, 2.24) is 10.2 Å². The Balaban J connectivity index is 1.71. The number of methoxy groups -OCH3 is 1. The van der Waals surface area contributed by atoms with Gasteiger partial charge in [-0.2, -0.15) is 0 Å². The highest BCUT2D eigenvalue weighted by atomic mass is 16.5. The van der Waals surface area contributed by atoms with E-state index >= 15 is 0 Å². The van der Waals surface area contributed by atoms with Crippen LogP contribution in [0.4, 0.5) is 4.79 Å². The van der Waals surface area contributed by atoms with Gasteiger partial charge in [0.05, 0.1) is 26.4 Å². The lowest BCUT2D eigenvalue weighted by atomic mass is 10.0. The van der Waals surface area contributed by atoms with Crippen LogP contribution in [0.15, 0.2) is 24.3 Å². The highest BCUT2D eigenvalue weighted by Crippen LogP contribution is 2.23. The number of rotatable bonds is 6. The van der Waals surface area contributed by atoms with Gasteiger partial charge in [0.15, 0.2) is 0 Å². The number of hydrogen-bond donors (Lipinski definition) is 1. The normalized spacial score (nSPS) is 26.8. The van der Waals surface area contributed by atoms with E-state index < -0.39 is 6.04 Å². The Hall–Kier alpha value is -2.12. The largest absolute Gasteiger partial charge is 0.497 e. The molecule has 1 unspecified atom stereocenters. The monoisotopic (exact) mass is 334 g/mol. The number of nitrogens with one attached hydrogen (secondary N) is 1. The fourth-order valence-electron chi connectivity index (χ4n) is 3.17. The van der Waals surface area contributed by atoms with E-state index in [9.17, 15) is 9.59 Å². The summed E-state index contributed by atoms with van der Waals surface area (Å²) >= 11 is 0. The number of carbonyl (C=O) groups is 2. The number of imide groups is 1. The molecule has 1 N–H and O–H groups in total. The molecular weight excluding hydrogens is 312 g/mol. The number of urea groups is 1. The smallest absolute Gasteiger partial charge is 0.325 e. The fourth-order valence-corrected chi connectivity index (χ4v) is 3.17. The van der Waals surface area contributed by atoms with E-state index in [1.54, 1.807) is 7.11 Å². The maximum absolute atomic E-state index is 12.7. The first kappa shape index (κ1) is 16.7. The molecular formula is C17H22N2O5. The zero-order chi connectivity index (χ0) is 17.1. The number of benzene rings is 1. The molecule has 1 aromatic rings. The van der Waals surface area contributed by atoms with Crippen molar-refractivity contribution in [2.45, 2.75) is 31.5 Å². The molecule has 3 atom stereocenters. The van der Waals surface area contributed by atoms with Crippen molar-refractivity contribution in [1.29, 1.82) is 0 Å². The summed E-state index contributed by atoms with van der Waals surface area (Å²) in [6.45, 7) is 3.11. The molecule has 0 spiro atoms. The highest BCUT2D eigenvalue weighted by Gasteiger charge is 2.46. The molecule has 2 fully saturated rings. The molecule has 0 saturated carbocycles. The van der Waals surface area contributed by atoms with Gasteiger partial charge in [0.25, 0.3) is 5.91 Å². The molecule has 0 aliphatic carbocycles. The van der Waals surface area contributed by atoms with Crippen LogP contribution >= 0.6 is 0 Å². The van der Waals surface area contributed by atoms with Crippen molar-refractivity contribution in [2.75, 3.05) is 26.9 Å². The molecule has 7 heteroatoms. The van der Waals surface area contributed by atoms with Crippen LogP contribution in [-0.2, 0) is 20.7 Å². The minimum absolute atomic E-state index is 0.233. The SMILES string of the molecule is CCO[C@@H]1COC[C@H]1N1C(=O)NC(Cc2cccc(OC)c2)C1=O. The van der Waals surface area contributed by atoms with Crippen LogP contribution in [0.25, 0.3) is 0 Å². The van der Waals surface area contributed by atoms with Crippen LogP contribution in [0, 0.1) is 0 Å². The van der Waals surface area contributed by atoms with Crippen LogP contribution in [0.1, 0.15) is 12.5 Å². The van der Waals surface area contributed by atoms with Gasteiger partial charge in [-0.1, -0.05) is 12.1 Å². The second-order valence-electron chi connectivity index (χ2n) is 5.86. The van der Waals surface area contributed by atoms with Gasteiger partial charge in [0, 0.05) is 13.0 Å². The van der Waals surface area contributed by atoms with Crippen LogP contribution in [0.5, 0.6) is 5.75 Å². The van der Waals surface area contributed by atoms with Gasteiger partial charge in [-0.3, -0.25) is 9.69 Å². The first-order valence-corrected chi connectivity index (χ1v) is 8.10. The minimum atomic E-state index is -0.576. The molecule has 2 heterocycles. The van der Waals surface area contributed by atoms with Crippen molar-refractivity contribution >= 4 is 11.9 Å². The summed E-state index contributed by atoms with van der Waals surface area (Å²) in [6.07, 6.45) is 0.158. The third-order valence-corrected chi connectivity index (χ3v) is 4.34. The Bertz CT molecular complexity index is 621. The first-order chi connectivity index (χ1) is 11.6. The van der Waals surface area contributed by atoms with Gasteiger partial charge >= 0.3 is 6.03 Å². The van der Waals surface area contributed by atoms with Gasteiger partial charge in [-0.05, 0) is 24.6 Å². The molecule has 0 radical (unpaired) electrons. The quantitative estimate of drug-likeness (QED) is 0.784. The molecule has 0 aromatic heterocycles. The molecule has 0 bridgehead atoms. The van der Waals surface area contributed by atoms with Crippen LogP contribution < -0.4 is 10.1 Å². The summed E-state index contributed by atoms with van der Waals surface area (Å²) < 4.78 is 16.2. The van der Waals surface area contributed by atoms with Crippen molar-refractivity contribution in [3.8, 4) is 5.75 Å². The lowest BCUT2D eigenvalue weighted by Gasteiger charge is -2.25. The minimum Gasteiger partial charge on any atom is -0.497 e. The van der Waals surface area contributed by atoms with Crippen molar-refractivity contribution < 1.29 is 23.8 Å². The Morgan fingerprint density at radius 1 is 1.33 bits per heavy atom. The van der Waals surface area contributed by atoms with Gasteiger partial charge < -0.3 is 19.5 Å².